The van der Waals surface area contributed by atoms with Crippen LogP contribution in [0.2, 0.25) is 0 Å². The Kier molecular flexibility index (Phi) is 9.90. The van der Waals surface area contributed by atoms with Crippen molar-refractivity contribution in [2.75, 3.05) is 16.5 Å². The van der Waals surface area contributed by atoms with Crippen LogP contribution in [-0.2, 0) is 10.8 Å². The smallest absolute Gasteiger partial charge is 0.137 e. The number of hydrogen-bond donors (Lipinski definition) is 0. The fourth-order valence-corrected chi connectivity index (χ4v) is 8.47. The number of rotatable bonds is 7. The first-order valence-electron chi connectivity index (χ1n) is 21.5. The van der Waals surface area contributed by atoms with E-state index in [0.29, 0.717) is 6.67 Å². The molecule has 2 aromatic heterocycles. The molecule has 0 atom stereocenters. The Morgan fingerprint density at radius 1 is 0.475 bits per heavy atom. The summed E-state index contributed by atoms with van der Waals surface area (Å²) < 4.78 is 9.24. The van der Waals surface area contributed by atoms with Gasteiger partial charge in [-0.15, -0.1) is 0 Å². The monoisotopic (exact) mass is 800 g/mol. The molecule has 0 bridgehead atoms. The molecule has 1 aliphatic rings. The van der Waals surface area contributed by atoms with Gasteiger partial charge in [0, 0.05) is 57.8 Å². The molecule has 0 saturated heterocycles. The first-order valence-corrected chi connectivity index (χ1v) is 21.5. The third-order valence-corrected chi connectivity index (χ3v) is 11.9. The summed E-state index contributed by atoms with van der Waals surface area (Å²) in [6.45, 7) is 21.2. The van der Waals surface area contributed by atoms with Gasteiger partial charge in [0.05, 0.1) is 17.7 Å². The number of ether oxygens (including phenoxy) is 1. The molecule has 0 fully saturated rings. The highest BCUT2D eigenvalue weighted by molar-refractivity contribution is 6.09. The van der Waals surface area contributed by atoms with E-state index < -0.39 is 0 Å². The number of hydrogen-bond acceptors (Lipinski definition) is 4. The minimum Gasteiger partial charge on any atom is -0.457 e. The van der Waals surface area contributed by atoms with Crippen LogP contribution in [0.3, 0.4) is 0 Å². The summed E-state index contributed by atoms with van der Waals surface area (Å²) in [5, 5.41) is 2.34. The molecule has 0 amide bonds. The molecule has 0 unspecified atom stereocenters. The number of nitrogens with zero attached hydrogens (tertiary/aromatic N) is 4. The lowest BCUT2D eigenvalue weighted by Crippen LogP contribution is -2.30. The van der Waals surface area contributed by atoms with Crippen molar-refractivity contribution in [2.45, 2.75) is 73.1 Å². The lowest BCUT2D eigenvalue weighted by atomic mass is 9.85. The van der Waals surface area contributed by atoms with Crippen LogP contribution in [-0.4, -0.2) is 16.2 Å². The highest BCUT2D eigenvalue weighted by atomic mass is 16.5. The zero-order valence-electron chi connectivity index (χ0n) is 37.0. The molecule has 0 N–H and O–H groups in total. The van der Waals surface area contributed by atoms with Gasteiger partial charge in [-0.25, -0.2) is 4.98 Å². The summed E-state index contributed by atoms with van der Waals surface area (Å²) in [5.41, 5.74) is 12.7. The van der Waals surface area contributed by atoms with Crippen molar-refractivity contribution in [2.24, 2.45) is 5.41 Å². The zero-order valence-corrected chi connectivity index (χ0v) is 37.0. The molecule has 8 aromatic rings. The van der Waals surface area contributed by atoms with Crippen LogP contribution in [0.25, 0.3) is 49.9 Å². The first kappa shape index (κ1) is 39.8. The van der Waals surface area contributed by atoms with E-state index in [2.05, 4.69) is 235 Å². The van der Waals surface area contributed by atoms with Crippen LogP contribution in [0, 0.1) is 5.41 Å². The zero-order chi connectivity index (χ0) is 42.7. The molecular weight excluding hydrogens is 745 g/mol. The summed E-state index contributed by atoms with van der Waals surface area (Å²) in [4.78, 5) is 9.78. The van der Waals surface area contributed by atoms with E-state index in [4.69, 9.17) is 9.72 Å². The number of para-hydroxylation sites is 1. The van der Waals surface area contributed by atoms with Crippen LogP contribution >= 0.6 is 0 Å². The summed E-state index contributed by atoms with van der Waals surface area (Å²) in [7, 11) is 0. The van der Waals surface area contributed by atoms with Gasteiger partial charge >= 0.3 is 0 Å². The molecule has 1 aliphatic heterocycles. The van der Waals surface area contributed by atoms with Crippen molar-refractivity contribution in [1.29, 1.82) is 0 Å². The Bertz CT molecular complexity index is 2920. The van der Waals surface area contributed by atoms with Crippen molar-refractivity contribution in [3.63, 3.8) is 0 Å². The largest absolute Gasteiger partial charge is 0.457 e. The summed E-state index contributed by atoms with van der Waals surface area (Å²) >= 11 is 0. The number of aromatic nitrogens is 2. The van der Waals surface area contributed by atoms with Gasteiger partial charge in [0.15, 0.2) is 0 Å². The van der Waals surface area contributed by atoms with Gasteiger partial charge < -0.3 is 14.5 Å². The fraction of sp³-hybridized carbons (Fsp3) is 0.232. The SMILES string of the molecule is CC(C)(C)C1=CN(c2cc(-c3ccccc3)cc(C(C)(C)C)c2)CN1c1cc(Oc2ccc3c4ccccc4n(-c4cc(C(C)(C)C)ccn4)c3c2)cc(-c2ccccc2)c1. The van der Waals surface area contributed by atoms with Crippen molar-refractivity contribution < 1.29 is 4.74 Å². The molecular formula is C56H56N4O. The normalized spacial score (nSPS) is 13.6. The standard InChI is InChI=1S/C56H56N4O/c1-54(2,3)42-26-27-57-53(33-42)60-50-23-17-16-22-48(50)49-25-24-46(35-51(49)60)61-47-31-41(39-20-14-11-15-21-39)30-45(34-47)59-37-58(36-52(59)56(7,8)9)44-29-40(38-18-12-10-13-19-38)28-43(32-44)55(4,5)6/h10-36H,37H2,1-9H3. The molecule has 5 nitrogen and oxygen atoms in total. The maximum atomic E-state index is 6.97. The summed E-state index contributed by atoms with van der Waals surface area (Å²) in [5.74, 6) is 2.44. The Morgan fingerprint density at radius 2 is 1.10 bits per heavy atom. The number of fused-ring (bicyclic) bond motifs is 3. The molecule has 0 radical (unpaired) electrons. The summed E-state index contributed by atoms with van der Waals surface area (Å²) in [6, 6.07) is 54.4. The van der Waals surface area contributed by atoms with Crippen molar-refractivity contribution in [3.05, 3.63) is 181 Å². The van der Waals surface area contributed by atoms with Gasteiger partial charge in [-0.05, 0) is 98.8 Å². The molecule has 0 spiro atoms. The topological polar surface area (TPSA) is 33.5 Å². The highest BCUT2D eigenvalue weighted by Crippen LogP contribution is 2.43. The lowest BCUT2D eigenvalue weighted by Gasteiger charge is -2.31. The Hall–Kier alpha value is -6.59. The van der Waals surface area contributed by atoms with E-state index in [1.54, 1.807) is 0 Å². The number of allylic oxidation sites excluding steroid dienone is 1. The maximum Gasteiger partial charge on any atom is 0.137 e. The van der Waals surface area contributed by atoms with E-state index >= 15 is 0 Å². The van der Waals surface area contributed by atoms with Gasteiger partial charge in [0.2, 0.25) is 0 Å². The molecule has 6 aromatic carbocycles. The number of pyridine rings is 1. The van der Waals surface area contributed by atoms with Crippen molar-refractivity contribution in [1.82, 2.24) is 9.55 Å². The van der Waals surface area contributed by atoms with E-state index in [-0.39, 0.29) is 16.2 Å². The summed E-state index contributed by atoms with van der Waals surface area (Å²) in [6.07, 6.45) is 4.28. The Morgan fingerprint density at radius 3 is 1.77 bits per heavy atom. The van der Waals surface area contributed by atoms with Crippen LogP contribution in [0.5, 0.6) is 11.5 Å². The minimum absolute atomic E-state index is 0.0117. The molecule has 5 heteroatoms. The predicted molar refractivity (Wildman–Crippen MR) is 257 cm³/mol. The van der Waals surface area contributed by atoms with Gasteiger partial charge in [-0.2, -0.15) is 0 Å². The Labute approximate surface area is 361 Å². The van der Waals surface area contributed by atoms with E-state index in [1.807, 2.05) is 6.20 Å². The first-order chi connectivity index (χ1) is 29.1. The number of anilines is 2. The van der Waals surface area contributed by atoms with E-state index in [1.165, 1.54) is 39.0 Å². The maximum absolute atomic E-state index is 6.97. The second kappa shape index (κ2) is 15.1. The van der Waals surface area contributed by atoms with Crippen LogP contribution in [0.15, 0.2) is 170 Å². The average molecular weight is 801 g/mol. The van der Waals surface area contributed by atoms with Crippen molar-refractivity contribution in [3.8, 4) is 39.6 Å². The quantitative estimate of drug-likeness (QED) is 0.161. The molecule has 9 rings (SSSR count). The van der Waals surface area contributed by atoms with Gasteiger partial charge in [-0.3, -0.25) is 4.57 Å². The molecule has 61 heavy (non-hydrogen) atoms. The van der Waals surface area contributed by atoms with Crippen LogP contribution in [0.4, 0.5) is 11.4 Å². The molecule has 306 valence electrons. The van der Waals surface area contributed by atoms with Gasteiger partial charge in [0.1, 0.15) is 17.3 Å². The number of benzene rings is 6. The van der Waals surface area contributed by atoms with Crippen LogP contribution < -0.4 is 14.5 Å². The van der Waals surface area contributed by atoms with E-state index in [9.17, 15) is 0 Å². The second-order valence-electron chi connectivity index (χ2n) is 19.6. The van der Waals surface area contributed by atoms with E-state index in [0.717, 1.165) is 50.6 Å². The fourth-order valence-electron chi connectivity index (χ4n) is 8.47. The van der Waals surface area contributed by atoms with Crippen molar-refractivity contribution >= 4 is 33.2 Å². The molecule has 0 saturated carbocycles. The van der Waals surface area contributed by atoms with Gasteiger partial charge in [0.25, 0.3) is 0 Å². The highest BCUT2D eigenvalue weighted by Gasteiger charge is 2.33. The Balaban J connectivity index is 1.14. The second-order valence-corrected chi connectivity index (χ2v) is 19.6. The van der Waals surface area contributed by atoms with Crippen LogP contribution in [0.1, 0.15) is 73.4 Å². The lowest BCUT2D eigenvalue weighted by molar-refractivity contribution is 0.481. The average Bonchev–Trinajstić information content (AvgIpc) is 3.85. The third-order valence-electron chi connectivity index (χ3n) is 11.9. The third kappa shape index (κ3) is 7.93. The predicted octanol–water partition coefficient (Wildman–Crippen LogP) is 15.1. The molecule has 0 aliphatic carbocycles. The van der Waals surface area contributed by atoms with Gasteiger partial charge in [-0.1, -0.05) is 147 Å². The molecule has 3 heterocycles. The minimum atomic E-state index is -0.140.